The summed E-state index contributed by atoms with van der Waals surface area (Å²) in [5, 5.41) is 0.852. The number of hydrogen-bond donors (Lipinski definition) is 0. The number of nitrogens with zero attached hydrogens (tertiary/aromatic N) is 1. The first-order chi connectivity index (χ1) is 4.97. The molecule has 0 radical (unpaired) electrons. The summed E-state index contributed by atoms with van der Waals surface area (Å²) in [6, 6.07) is 0. The second-order valence-corrected chi connectivity index (χ2v) is 4.76. The summed E-state index contributed by atoms with van der Waals surface area (Å²) in [5.41, 5.74) is -0.00755. The van der Waals surface area contributed by atoms with Crippen LogP contribution in [0.1, 0.15) is 27.7 Å². The average Bonchev–Trinajstić information content (AvgIpc) is 2.10. The van der Waals surface area contributed by atoms with E-state index in [1.165, 1.54) is 0 Å². The van der Waals surface area contributed by atoms with Crippen molar-refractivity contribution in [1.29, 1.82) is 0 Å². The Morgan fingerprint density at radius 2 is 2.18 bits per heavy atom. The molecule has 1 saturated heterocycles. The summed E-state index contributed by atoms with van der Waals surface area (Å²) in [4.78, 5) is 4.42. The van der Waals surface area contributed by atoms with Crippen molar-refractivity contribution in [2.45, 2.75) is 39.3 Å². The Morgan fingerprint density at radius 1 is 1.55 bits per heavy atom. The lowest BCUT2D eigenvalue weighted by Crippen LogP contribution is -2.13. The van der Waals surface area contributed by atoms with Crippen LogP contribution in [-0.2, 0) is 4.74 Å². The fourth-order valence-corrected chi connectivity index (χ4v) is 1.78. The zero-order chi connectivity index (χ0) is 8.48. The third-order valence-corrected chi connectivity index (χ3v) is 2.24. The predicted octanol–water partition coefficient (Wildman–Crippen LogP) is 2.29. The predicted molar refractivity (Wildman–Crippen MR) is 50.2 cm³/mol. The molecule has 1 unspecified atom stereocenters. The molecule has 0 amide bonds. The molecule has 0 aromatic heterocycles. The summed E-state index contributed by atoms with van der Waals surface area (Å²) in [7, 11) is 0. The number of aliphatic imine (C=N–C) groups is 1. The van der Waals surface area contributed by atoms with Gasteiger partial charge in [-0.25, -0.2) is 4.99 Å². The van der Waals surface area contributed by atoms with Gasteiger partial charge in [-0.3, -0.25) is 0 Å². The topological polar surface area (TPSA) is 21.6 Å². The fraction of sp³-hybridized carbons (Fsp3) is 0.875. The van der Waals surface area contributed by atoms with E-state index in [-0.39, 0.29) is 5.54 Å². The number of thioether (sulfide) groups is 1. The molecule has 0 aromatic carbocycles. The Morgan fingerprint density at radius 3 is 2.55 bits per heavy atom. The summed E-state index contributed by atoms with van der Waals surface area (Å²) in [6.45, 7) is 8.30. The van der Waals surface area contributed by atoms with Crippen LogP contribution in [0.2, 0.25) is 0 Å². The molecule has 1 fully saturated rings. The van der Waals surface area contributed by atoms with Crippen LogP contribution in [0.4, 0.5) is 0 Å². The molecule has 0 spiro atoms. The minimum absolute atomic E-state index is 0.00755. The third-order valence-electron chi connectivity index (χ3n) is 1.17. The third kappa shape index (κ3) is 3.14. The van der Waals surface area contributed by atoms with Crippen molar-refractivity contribution >= 4 is 17.0 Å². The van der Waals surface area contributed by atoms with E-state index >= 15 is 0 Å². The highest BCUT2D eigenvalue weighted by molar-refractivity contribution is 8.13. The van der Waals surface area contributed by atoms with E-state index in [9.17, 15) is 0 Å². The molecule has 1 rings (SSSR count). The zero-order valence-corrected chi connectivity index (χ0v) is 8.36. The number of ether oxygens (including phenoxy) is 1. The van der Waals surface area contributed by atoms with Gasteiger partial charge in [-0.15, -0.1) is 0 Å². The Bertz CT molecular complexity index is 171. The molecule has 0 aromatic rings. The van der Waals surface area contributed by atoms with Gasteiger partial charge in [0.1, 0.15) is 6.10 Å². The van der Waals surface area contributed by atoms with Crippen molar-refractivity contribution in [1.82, 2.24) is 0 Å². The minimum Gasteiger partial charge on any atom is -0.469 e. The summed E-state index contributed by atoms with van der Waals surface area (Å²) < 4.78 is 5.45. The highest BCUT2D eigenvalue weighted by atomic mass is 32.2. The van der Waals surface area contributed by atoms with Crippen LogP contribution in [0.3, 0.4) is 0 Å². The second kappa shape index (κ2) is 3.05. The normalized spacial score (nSPS) is 29.1. The standard InChI is InChI=1S/C8H15NOS/c1-6-5-11-7(10-6)9-8(2,3)4/h6H,5H2,1-4H3. The van der Waals surface area contributed by atoms with E-state index in [1.54, 1.807) is 11.8 Å². The average molecular weight is 173 g/mol. The maximum atomic E-state index is 5.45. The molecule has 3 heteroatoms. The summed E-state index contributed by atoms with van der Waals surface area (Å²) in [5.74, 6) is 1.04. The first kappa shape index (κ1) is 8.91. The van der Waals surface area contributed by atoms with Gasteiger partial charge in [-0.2, -0.15) is 0 Å². The molecular formula is C8H15NOS. The highest BCUT2D eigenvalue weighted by Crippen LogP contribution is 2.22. The molecule has 1 aliphatic heterocycles. The van der Waals surface area contributed by atoms with Gasteiger partial charge in [0.2, 0.25) is 5.23 Å². The Balaban J connectivity index is 2.55. The van der Waals surface area contributed by atoms with E-state index in [0.29, 0.717) is 6.10 Å². The maximum Gasteiger partial charge on any atom is 0.246 e. The van der Waals surface area contributed by atoms with Crippen molar-refractivity contribution in [3.05, 3.63) is 0 Å². The highest BCUT2D eigenvalue weighted by Gasteiger charge is 2.20. The van der Waals surface area contributed by atoms with Crippen molar-refractivity contribution in [2.24, 2.45) is 4.99 Å². The molecule has 1 aliphatic rings. The Hall–Kier alpha value is -0.180. The largest absolute Gasteiger partial charge is 0.469 e. The van der Waals surface area contributed by atoms with Gasteiger partial charge in [0.25, 0.3) is 0 Å². The van der Waals surface area contributed by atoms with Crippen LogP contribution in [0.25, 0.3) is 0 Å². The number of rotatable bonds is 0. The van der Waals surface area contributed by atoms with Crippen LogP contribution in [0.5, 0.6) is 0 Å². The van der Waals surface area contributed by atoms with Gasteiger partial charge in [0, 0.05) is 5.75 Å². The number of hydrogen-bond acceptors (Lipinski definition) is 3. The monoisotopic (exact) mass is 173 g/mol. The maximum absolute atomic E-state index is 5.45. The van der Waals surface area contributed by atoms with Gasteiger partial charge in [-0.05, 0) is 27.7 Å². The van der Waals surface area contributed by atoms with Gasteiger partial charge in [-0.1, -0.05) is 11.8 Å². The summed E-state index contributed by atoms with van der Waals surface area (Å²) >= 11 is 1.71. The van der Waals surface area contributed by atoms with Crippen LogP contribution in [-0.4, -0.2) is 22.6 Å². The zero-order valence-electron chi connectivity index (χ0n) is 7.55. The van der Waals surface area contributed by atoms with E-state index in [1.807, 2.05) is 0 Å². The molecule has 0 bridgehead atoms. The van der Waals surface area contributed by atoms with Crippen molar-refractivity contribution < 1.29 is 4.74 Å². The lowest BCUT2D eigenvalue weighted by Gasteiger charge is -2.12. The van der Waals surface area contributed by atoms with E-state index in [2.05, 4.69) is 32.7 Å². The van der Waals surface area contributed by atoms with Gasteiger partial charge >= 0.3 is 0 Å². The molecule has 0 aliphatic carbocycles. The smallest absolute Gasteiger partial charge is 0.246 e. The minimum atomic E-state index is -0.00755. The second-order valence-electron chi connectivity index (χ2n) is 3.79. The lowest BCUT2D eigenvalue weighted by atomic mass is 10.1. The molecule has 0 saturated carbocycles. The summed E-state index contributed by atoms with van der Waals surface area (Å²) in [6.07, 6.45) is 0.334. The Labute approximate surface area is 72.4 Å². The van der Waals surface area contributed by atoms with E-state index < -0.39 is 0 Å². The van der Waals surface area contributed by atoms with Gasteiger partial charge in [0.05, 0.1) is 5.54 Å². The molecule has 64 valence electrons. The van der Waals surface area contributed by atoms with Crippen molar-refractivity contribution in [3.8, 4) is 0 Å². The quantitative estimate of drug-likeness (QED) is 0.560. The van der Waals surface area contributed by atoms with E-state index in [0.717, 1.165) is 11.0 Å². The fourth-order valence-electron chi connectivity index (χ4n) is 0.761. The lowest BCUT2D eigenvalue weighted by molar-refractivity contribution is 0.248. The molecule has 2 nitrogen and oxygen atoms in total. The van der Waals surface area contributed by atoms with Crippen LogP contribution in [0.15, 0.2) is 4.99 Å². The van der Waals surface area contributed by atoms with Crippen molar-refractivity contribution in [3.63, 3.8) is 0 Å². The SMILES string of the molecule is CC1CSC(=NC(C)(C)C)O1. The first-order valence-electron chi connectivity index (χ1n) is 3.87. The molecule has 1 atom stereocenters. The van der Waals surface area contributed by atoms with Crippen LogP contribution in [0, 0.1) is 0 Å². The Kier molecular flexibility index (Phi) is 2.47. The van der Waals surface area contributed by atoms with Crippen molar-refractivity contribution in [2.75, 3.05) is 5.75 Å². The molecular weight excluding hydrogens is 158 g/mol. The van der Waals surface area contributed by atoms with E-state index in [4.69, 9.17) is 4.74 Å². The van der Waals surface area contributed by atoms with Crippen LogP contribution < -0.4 is 0 Å². The molecule has 0 N–H and O–H groups in total. The first-order valence-corrected chi connectivity index (χ1v) is 4.85. The van der Waals surface area contributed by atoms with Crippen LogP contribution >= 0.6 is 11.8 Å². The molecule has 11 heavy (non-hydrogen) atoms. The van der Waals surface area contributed by atoms with Gasteiger partial charge < -0.3 is 4.74 Å². The van der Waals surface area contributed by atoms with Gasteiger partial charge in [0.15, 0.2) is 0 Å². The molecule has 1 heterocycles.